The Labute approximate surface area is 189 Å². The third-order valence-electron chi connectivity index (χ3n) is 5.07. The standard InChI is InChI=1S/C23H35FN4O4/c1-5-6-19(27-21(30)25-15-16-7-9-17(24)10-8-16)20(29)28-13-11-18(12-14-28)26-22(31)32-23(2,3)4/h7-10,18-19H,5-6,11-15H2,1-4H3,(H,26,31)(H2,25,27,30). The molecule has 178 valence electrons. The van der Waals surface area contributed by atoms with Gasteiger partial charge in [-0.2, -0.15) is 0 Å². The van der Waals surface area contributed by atoms with Crippen LogP contribution in [-0.4, -0.2) is 53.7 Å². The number of benzene rings is 1. The van der Waals surface area contributed by atoms with Crippen molar-refractivity contribution in [1.29, 1.82) is 0 Å². The highest BCUT2D eigenvalue weighted by atomic mass is 19.1. The molecule has 1 fully saturated rings. The lowest BCUT2D eigenvalue weighted by Gasteiger charge is -2.35. The summed E-state index contributed by atoms with van der Waals surface area (Å²) in [6.45, 7) is 8.62. The number of ether oxygens (including phenoxy) is 1. The molecule has 1 heterocycles. The topological polar surface area (TPSA) is 99.8 Å². The molecular formula is C23H35FN4O4. The molecule has 0 radical (unpaired) electrons. The van der Waals surface area contributed by atoms with E-state index in [0.717, 1.165) is 12.0 Å². The maximum Gasteiger partial charge on any atom is 0.407 e. The van der Waals surface area contributed by atoms with Crippen LogP contribution in [0.25, 0.3) is 0 Å². The van der Waals surface area contributed by atoms with E-state index < -0.39 is 23.8 Å². The second-order valence-corrected chi connectivity index (χ2v) is 9.04. The second kappa shape index (κ2) is 11.7. The number of halogens is 1. The third kappa shape index (κ3) is 8.72. The number of hydrogen-bond donors (Lipinski definition) is 3. The number of nitrogens with zero attached hydrogens (tertiary/aromatic N) is 1. The average Bonchev–Trinajstić information content (AvgIpc) is 2.71. The molecule has 1 aliphatic rings. The number of carbonyl (C=O) groups is 3. The van der Waals surface area contributed by atoms with Crippen LogP contribution < -0.4 is 16.0 Å². The van der Waals surface area contributed by atoms with Crippen molar-refractivity contribution < 1.29 is 23.5 Å². The Hall–Kier alpha value is -2.84. The number of rotatable bonds is 7. The van der Waals surface area contributed by atoms with Crippen LogP contribution in [0.4, 0.5) is 14.0 Å². The summed E-state index contributed by atoms with van der Waals surface area (Å²) in [4.78, 5) is 39.0. The predicted octanol–water partition coefficient (Wildman–Crippen LogP) is 3.31. The first kappa shape index (κ1) is 25.4. The maximum atomic E-state index is 13.0. The highest BCUT2D eigenvalue weighted by molar-refractivity contribution is 5.87. The molecule has 0 aromatic heterocycles. The predicted molar refractivity (Wildman–Crippen MR) is 119 cm³/mol. The molecule has 0 saturated carbocycles. The Morgan fingerprint density at radius 2 is 1.78 bits per heavy atom. The minimum atomic E-state index is -0.622. The quantitative estimate of drug-likeness (QED) is 0.593. The molecule has 3 N–H and O–H groups in total. The van der Waals surface area contributed by atoms with E-state index in [0.29, 0.717) is 32.4 Å². The van der Waals surface area contributed by atoms with Gasteiger partial charge in [-0.05, 0) is 57.7 Å². The number of nitrogens with one attached hydrogen (secondary N) is 3. The molecule has 8 nitrogen and oxygen atoms in total. The number of carbonyl (C=O) groups excluding carboxylic acids is 3. The summed E-state index contributed by atoms with van der Waals surface area (Å²) < 4.78 is 18.3. The zero-order valence-corrected chi connectivity index (χ0v) is 19.4. The number of likely N-dealkylation sites (tertiary alicyclic amines) is 1. The molecule has 4 amide bonds. The summed E-state index contributed by atoms with van der Waals surface area (Å²) in [5.74, 6) is -0.462. The largest absolute Gasteiger partial charge is 0.444 e. The number of piperidine rings is 1. The van der Waals surface area contributed by atoms with Gasteiger partial charge in [0.1, 0.15) is 17.5 Å². The Bertz CT molecular complexity index is 771. The van der Waals surface area contributed by atoms with Gasteiger partial charge in [0.15, 0.2) is 0 Å². The van der Waals surface area contributed by atoms with Crippen molar-refractivity contribution in [2.24, 2.45) is 0 Å². The van der Waals surface area contributed by atoms with E-state index in [1.807, 2.05) is 27.7 Å². The van der Waals surface area contributed by atoms with Gasteiger partial charge in [0.2, 0.25) is 5.91 Å². The molecule has 1 saturated heterocycles. The van der Waals surface area contributed by atoms with E-state index in [2.05, 4.69) is 16.0 Å². The van der Waals surface area contributed by atoms with Crippen LogP contribution >= 0.6 is 0 Å². The Kier molecular flexibility index (Phi) is 9.28. The molecule has 1 aliphatic heterocycles. The van der Waals surface area contributed by atoms with Crippen molar-refractivity contribution in [1.82, 2.24) is 20.9 Å². The van der Waals surface area contributed by atoms with Gasteiger partial charge < -0.3 is 25.6 Å². The van der Waals surface area contributed by atoms with E-state index >= 15 is 0 Å². The fourth-order valence-electron chi connectivity index (χ4n) is 3.48. The molecule has 9 heteroatoms. The molecular weight excluding hydrogens is 415 g/mol. The number of amides is 4. The zero-order valence-electron chi connectivity index (χ0n) is 19.4. The van der Waals surface area contributed by atoms with Crippen LogP contribution in [0.2, 0.25) is 0 Å². The highest BCUT2D eigenvalue weighted by Gasteiger charge is 2.30. The van der Waals surface area contributed by atoms with Crippen molar-refractivity contribution in [2.75, 3.05) is 13.1 Å². The molecule has 0 aliphatic carbocycles. The fourth-order valence-corrected chi connectivity index (χ4v) is 3.48. The lowest BCUT2D eigenvalue weighted by Crippen LogP contribution is -2.54. The molecule has 1 atom stereocenters. The van der Waals surface area contributed by atoms with Gasteiger partial charge in [-0.1, -0.05) is 25.5 Å². The van der Waals surface area contributed by atoms with Crippen LogP contribution in [0.3, 0.4) is 0 Å². The number of urea groups is 1. The van der Waals surface area contributed by atoms with E-state index in [4.69, 9.17) is 4.74 Å². The summed E-state index contributed by atoms with van der Waals surface area (Å²) in [6, 6.07) is 4.75. The van der Waals surface area contributed by atoms with Crippen LogP contribution in [-0.2, 0) is 16.1 Å². The Morgan fingerprint density at radius 1 is 1.16 bits per heavy atom. The smallest absolute Gasteiger partial charge is 0.407 e. The van der Waals surface area contributed by atoms with Crippen molar-refractivity contribution in [3.05, 3.63) is 35.6 Å². The molecule has 1 aromatic rings. The van der Waals surface area contributed by atoms with Crippen LogP contribution in [0.5, 0.6) is 0 Å². The maximum absolute atomic E-state index is 13.0. The Morgan fingerprint density at radius 3 is 2.34 bits per heavy atom. The van der Waals surface area contributed by atoms with Crippen LogP contribution in [0.15, 0.2) is 24.3 Å². The van der Waals surface area contributed by atoms with Crippen molar-refractivity contribution in [2.45, 2.75) is 77.6 Å². The van der Waals surface area contributed by atoms with Gasteiger partial charge in [-0.15, -0.1) is 0 Å². The van der Waals surface area contributed by atoms with Gasteiger partial charge in [0, 0.05) is 25.7 Å². The molecule has 0 bridgehead atoms. The van der Waals surface area contributed by atoms with Crippen LogP contribution in [0.1, 0.15) is 58.9 Å². The van der Waals surface area contributed by atoms with Gasteiger partial charge in [-0.25, -0.2) is 14.0 Å². The lowest BCUT2D eigenvalue weighted by atomic mass is 10.0. The fraction of sp³-hybridized carbons (Fsp3) is 0.609. The normalized spacial score (nSPS) is 15.6. The van der Waals surface area contributed by atoms with E-state index in [1.165, 1.54) is 12.1 Å². The van der Waals surface area contributed by atoms with Gasteiger partial charge in [0.05, 0.1) is 0 Å². The van der Waals surface area contributed by atoms with Gasteiger partial charge in [-0.3, -0.25) is 4.79 Å². The van der Waals surface area contributed by atoms with Crippen LogP contribution in [0, 0.1) is 5.82 Å². The first-order chi connectivity index (χ1) is 15.1. The zero-order chi connectivity index (χ0) is 23.7. The van der Waals surface area contributed by atoms with E-state index in [-0.39, 0.29) is 24.3 Å². The monoisotopic (exact) mass is 450 g/mol. The summed E-state index contributed by atoms with van der Waals surface area (Å²) in [5, 5.41) is 8.32. The first-order valence-electron chi connectivity index (χ1n) is 11.1. The van der Waals surface area contributed by atoms with Gasteiger partial charge in [0.25, 0.3) is 0 Å². The van der Waals surface area contributed by atoms with E-state index in [9.17, 15) is 18.8 Å². The molecule has 32 heavy (non-hydrogen) atoms. The third-order valence-corrected chi connectivity index (χ3v) is 5.07. The minimum Gasteiger partial charge on any atom is -0.444 e. The number of hydrogen-bond acceptors (Lipinski definition) is 4. The Balaban J connectivity index is 1.81. The minimum absolute atomic E-state index is 0.0505. The second-order valence-electron chi connectivity index (χ2n) is 9.04. The van der Waals surface area contributed by atoms with E-state index in [1.54, 1.807) is 17.0 Å². The van der Waals surface area contributed by atoms with Gasteiger partial charge >= 0.3 is 12.1 Å². The van der Waals surface area contributed by atoms with Crippen molar-refractivity contribution >= 4 is 18.0 Å². The molecule has 0 spiro atoms. The summed E-state index contributed by atoms with van der Waals surface area (Å²) >= 11 is 0. The number of alkyl carbamates (subject to hydrolysis) is 1. The highest BCUT2D eigenvalue weighted by Crippen LogP contribution is 2.15. The van der Waals surface area contributed by atoms with Crippen molar-refractivity contribution in [3.63, 3.8) is 0 Å². The molecule has 1 aromatic carbocycles. The summed E-state index contributed by atoms with van der Waals surface area (Å²) in [6.07, 6.45) is 2.07. The van der Waals surface area contributed by atoms with Crippen molar-refractivity contribution in [3.8, 4) is 0 Å². The lowest BCUT2D eigenvalue weighted by molar-refractivity contribution is -0.134. The average molecular weight is 451 g/mol. The first-order valence-corrected chi connectivity index (χ1v) is 11.1. The summed E-state index contributed by atoms with van der Waals surface area (Å²) in [5.41, 5.74) is 0.205. The molecule has 1 unspecified atom stereocenters. The summed E-state index contributed by atoms with van der Waals surface area (Å²) in [7, 11) is 0. The SMILES string of the molecule is CCCC(NC(=O)NCc1ccc(F)cc1)C(=O)N1CCC(NC(=O)OC(C)(C)C)CC1. The molecule has 2 rings (SSSR count).